The van der Waals surface area contributed by atoms with Gasteiger partial charge < -0.3 is 4.74 Å². The average molecular weight is 94.1 g/mol. The van der Waals surface area contributed by atoms with E-state index in [1.807, 2.05) is 0 Å². The van der Waals surface area contributed by atoms with Crippen LogP contribution in [0.5, 0.6) is 0 Å². The maximum atomic E-state index is 4.38. The zero-order valence-corrected chi connectivity index (χ0v) is 4.41. The molecule has 0 aliphatic carbocycles. The molecule has 0 aromatic rings. The molecule has 0 aromatic heterocycles. The molecule has 0 spiro atoms. The van der Waals surface area contributed by atoms with Gasteiger partial charge >= 0.3 is 0 Å². The van der Waals surface area contributed by atoms with Crippen molar-refractivity contribution < 1.29 is 4.74 Å². The van der Waals surface area contributed by atoms with Gasteiger partial charge in [0.15, 0.2) is 0 Å². The molecule has 1 nitrogen and oxygen atoms in total. The molecule has 0 saturated carbocycles. The van der Waals surface area contributed by atoms with Crippen LogP contribution in [-0.4, -0.2) is 7.11 Å². The normalized spacial score (nSPS) is 4.29. The van der Waals surface area contributed by atoms with E-state index in [0.717, 1.165) is 0 Å². The fourth-order valence-electron chi connectivity index (χ4n) is 0.139. The minimum Gasteiger partial charge on any atom is -0.449 e. The zero-order valence-electron chi connectivity index (χ0n) is 4.41. The lowest BCUT2D eigenvalue weighted by atomic mass is 10.6. The first-order valence-corrected chi connectivity index (χ1v) is 1.86. The highest BCUT2D eigenvalue weighted by molar-refractivity contribution is 5.22. The van der Waals surface area contributed by atoms with E-state index in [1.54, 1.807) is 6.92 Å². The summed E-state index contributed by atoms with van der Waals surface area (Å²) in [6, 6.07) is 0. The molecule has 0 bridgehead atoms. The van der Waals surface area contributed by atoms with E-state index in [9.17, 15) is 0 Å². The lowest BCUT2D eigenvalue weighted by molar-refractivity contribution is 0.372. The Morgan fingerprint density at radius 2 is 2.00 bits per heavy atom. The molecule has 0 fully saturated rings. The second-order valence-corrected chi connectivity index (χ2v) is 0.806. The number of hydrogen-bond donors (Lipinski definition) is 0. The molecule has 1 heteroatoms. The first-order chi connectivity index (χ1) is 3.41. The molecule has 0 N–H and O–H groups in total. The first-order valence-electron chi connectivity index (χ1n) is 1.86. The Kier molecular flexibility index (Phi) is 4.16. The third-order valence-corrected chi connectivity index (χ3v) is 0.341. The van der Waals surface area contributed by atoms with Crippen LogP contribution in [0.25, 0.3) is 0 Å². The highest BCUT2D eigenvalue weighted by Crippen LogP contribution is 1.53. The predicted octanol–water partition coefficient (Wildman–Crippen LogP) is 0.617. The van der Waals surface area contributed by atoms with E-state index >= 15 is 0 Å². The van der Waals surface area contributed by atoms with Crippen LogP contribution in [0.2, 0.25) is 0 Å². The maximum absolute atomic E-state index is 4.38. The molecule has 0 heterocycles. The number of rotatable bonds is 0. The molecule has 0 aromatic carbocycles. The van der Waals surface area contributed by atoms with Crippen molar-refractivity contribution in [2.24, 2.45) is 0 Å². The number of hydrogen-bond acceptors (Lipinski definition) is 1. The SMILES string of the molecule is CC#CC#COC. The van der Waals surface area contributed by atoms with Gasteiger partial charge in [-0.2, -0.15) is 0 Å². The summed E-state index contributed by atoms with van der Waals surface area (Å²) >= 11 is 0. The molecule has 0 rings (SSSR count). The fraction of sp³-hybridized carbons (Fsp3) is 0.333. The van der Waals surface area contributed by atoms with Crippen LogP contribution in [0.1, 0.15) is 6.92 Å². The monoisotopic (exact) mass is 94.0 g/mol. The Morgan fingerprint density at radius 1 is 1.29 bits per heavy atom. The predicted molar refractivity (Wildman–Crippen MR) is 28.2 cm³/mol. The molecule has 0 saturated heterocycles. The quantitative estimate of drug-likeness (QED) is 0.400. The molecule has 7 heavy (non-hydrogen) atoms. The smallest absolute Gasteiger partial charge is 0.124 e. The van der Waals surface area contributed by atoms with E-state index in [1.165, 1.54) is 7.11 Å². The van der Waals surface area contributed by atoms with Gasteiger partial charge in [-0.15, -0.1) is 0 Å². The first kappa shape index (κ1) is 5.92. The Morgan fingerprint density at radius 3 is 2.43 bits per heavy atom. The van der Waals surface area contributed by atoms with Gasteiger partial charge in [-0.3, -0.25) is 0 Å². The number of ether oxygens (including phenoxy) is 1. The van der Waals surface area contributed by atoms with Crippen LogP contribution >= 0.6 is 0 Å². The van der Waals surface area contributed by atoms with Gasteiger partial charge in [-0.25, -0.2) is 0 Å². The summed E-state index contributed by atoms with van der Waals surface area (Å²) in [6.45, 7) is 1.73. The topological polar surface area (TPSA) is 9.23 Å². The summed E-state index contributed by atoms with van der Waals surface area (Å²) in [5.41, 5.74) is 0. The van der Waals surface area contributed by atoms with Gasteiger partial charge in [0.25, 0.3) is 0 Å². The van der Waals surface area contributed by atoms with Gasteiger partial charge in [0.1, 0.15) is 6.11 Å². The van der Waals surface area contributed by atoms with Gasteiger partial charge in [-0.1, -0.05) is 5.92 Å². The second kappa shape index (κ2) is 4.92. The van der Waals surface area contributed by atoms with Gasteiger partial charge in [0.2, 0.25) is 0 Å². The maximum Gasteiger partial charge on any atom is 0.124 e. The van der Waals surface area contributed by atoms with E-state index in [-0.39, 0.29) is 0 Å². The van der Waals surface area contributed by atoms with Crippen molar-refractivity contribution in [2.75, 3.05) is 7.11 Å². The zero-order chi connectivity index (χ0) is 5.54. The highest BCUT2D eigenvalue weighted by atomic mass is 16.5. The average Bonchev–Trinajstić information content (AvgIpc) is 1.69. The lowest BCUT2D eigenvalue weighted by Crippen LogP contribution is -1.61. The van der Waals surface area contributed by atoms with Crippen LogP contribution in [0.4, 0.5) is 0 Å². The third kappa shape index (κ3) is 4.92. The molecule has 0 atom stereocenters. The highest BCUT2D eigenvalue weighted by Gasteiger charge is 1.50. The lowest BCUT2D eigenvalue weighted by Gasteiger charge is -1.69. The van der Waals surface area contributed by atoms with E-state index in [2.05, 4.69) is 28.6 Å². The minimum atomic E-state index is 1.50. The molecular weight excluding hydrogens is 88.1 g/mol. The minimum absolute atomic E-state index is 1.50. The summed E-state index contributed by atoms with van der Waals surface area (Å²) in [4.78, 5) is 0. The van der Waals surface area contributed by atoms with Crippen molar-refractivity contribution in [3.05, 3.63) is 0 Å². The molecule has 0 radical (unpaired) electrons. The Labute approximate surface area is 43.7 Å². The Bertz CT molecular complexity index is 137. The van der Waals surface area contributed by atoms with Gasteiger partial charge in [0.05, 0.1) is 7.11 Å². The van der Waals surface area contributed by atoms with Crippen LogP contribution in [-0.2, 0) is 4.74 Å². The van der Waals surface area contributed by atoms with Crippen molar-refractivity contribution in [3.63, 3.8) is 0 Å². The fourth-order valence-corrected chi connectivity index (χ4v) is 0.139. The van der Waals surface area contributed by atoms with E-state index in [0.29, 0.717) is 0 Å². The van der Waals surface area contributed by atoms with E-state index < -0.39 is 0 Å². The standard InChI is InChI=1S/C6H6O/c1-3-4-5-6-7-2/h1-2H3. The molecule has 0 amide bonds. The van der Waals surface area contributed by atoms with E-state index in [4.69, 9.17) is 0 Å². The van der Waals surface area contributed by atoms with Gasteiger partial charge in [-0.05, 0) is 12.8 Å². The van der Waals surface area contributed by atoms with Crippen molar-refractivity contribution in [1.29, 1.82) is 0 Å². The van der Waals surface area contributed by atoms with Crippen LogP contribution < -0.4 is 0 Å². The summed E-state index contributed by atoms with van der Waals surface area (Å²) in [5, 5.41) is 0. The third-order valence-electron chi connectivity index (χ3n) is 0.341. The molecule has 36 valence electrons. The molecule has 0 unspecified atom stereocenters. The van der Waals surface area contributed by atoms with Crippen LogP contribution in [0, 0.1) is 23.9 Å². The number of methoxy groups -OCH3 is 1. The second-order valence-electron chi connectivity index (χ2n) is 0.806. The van der Waals surface area contributed by atoms with Crippen LogP contribution in [0.3, 0.4) is 0 Å². The molecule has 0 aliphatic rings. The van der Waals surface area contributed by atoms with Crippen molar-refractivity contribution in [2.45, 2.75) is 6.92 Å². The molecular formula is C6H6O. The van der Waals surface area contributed by atoms with Crippen LogP contribution in [0.15, 0.2) is 0 Å². The Hall–Kier alpha value is -1.08. The Balaban J connectivity index is 3.39. The van der Waals surface area contributed by atoms with Crippen molar-refractivity contribution in [3.8, 4) is 23.9 Å². The van der Waals surface area contributed by atoms with Crippen molar-refractivity contribution in [1.82, 2.24) is 0 Å². The van der Waals surface area contributed by atoms with Gasteiger partial charge in [0, 0.05) is 5.92 Å². The van der Waals surface area contributed by atoms with Crippen molar-refractivity contribution >= 4 is 0 Å². The largest absolute Gasteiger partial charge is 0.449 e. The molecule has 0 aliphatic heterocycles. The summed E-state index contributed by atoms with van der Waals surface area (Å²) in [6.07, 6.45) is 2.33. The summed E-state index contributed by atoms with van der Waals surface area (Å²) in [5.74, 6) is 7.56. The summed E-state index contributed by atoms with van der Waals surface area (Å²) < 4.78 is 4.38. The summed E-state index contributed by atoms with van der Waals surface area (Å²) in [7, 11) is 1.50.